The smallest absolute Gasteiger partial charge is 0.284 e. The van der Waals surface area contributed by atoms with E-state index >= 15 is 0 Å². The fourth-order valence-corrected chi connectivity index (χ4v) is 1.43. The zero-order chi connectivity index (χ0) is 9.26. The lowest BCUT2D eigenvalue weighted by atomic mass is 10.1. The molecule has 0 aliphatic carbocycles. The molecule has 0 aromatic heterocycles. The van der Waals surface area contributed by atoms with Crippen LogP contribution in [0.1, 0.15) is 11.7 Å². The maximum absolute atomic E-state index is 7.44. The lowest BCUT2D eigenvalue weighted by Crippen LogP contribution is -2.18. The topological polar surface area (TPSA) is 36.3 Å². The number of rotatable bonds is 1. The van der Waals surface area contributed by atoms with Crippen LogP contribution in [0, 0.1) is 5.41 Å². The second-order valence-corrected chi connectivity index (χ2v) is 3.20. The molecule has 3 nitrogen and oxygen atoms in total. The first-order valence-electron chi connectivity index (χ1n) is 4.28. The second-order valence-electron chi connectivity index (χ2n) is 3.20. The Morgan fingerprint density at radius 2 is 2.08 bits per heavy atom. The summed E-state index contributed by atoms with van der Waals surface area (Å²) in [5.74, 6) is 0. The van der Waals surface area contributed by atoms with Crippen molar-refractivity contribution in [2.45, 2.75) is 6.10 Å². The van der Waals surface area contributed by atoms with Gasteiger partial charge in [-0.2, -0.15) is 0 Å². The van der Waals surface area contributed by atoms with E-state index < -0.39 is 0 Å². The molecular weight excluding hydrogens is 164 g/mol. The Labute approximate surface area is 77.4 Å². The van der Waals surface area contributed by atoms with Crippen molar-refractivity contribution in [1.82, 2.24) is 4.90 Å². The summed E-state index contributed by atoms with van der Waals surface area (Å²) in [7, 11) is 1.87. The molecule has 2 rings (SSSR count). The van der Waals surface area contributed by atoms with Gasteiger partial charge in [-0.25, -0.2) is 0 Å². The molecular formula is C10H12N2O. The van der Waals surface area contributed by atoms with Crippen molar-refractivity contribution in [3.8, 4) is 0 Å². The lowest BCUT2D eigenvalue weighted by Gasteiger charge is -2.07. The predicted molar refractivity (Wildman–Crippen MR) is 50.6 cm³/mol. The molecule has 1 atom stereocenters. The minimum Gasteiger partial charge on any atom is -0.455 e. The van der Waals surface area contributed by atoms with Gasteiger partial charge < -0.3 is 9.64 Å². The van der Waals surface area contributed by atoms with E-state index in [4.69, 9.17) is 10.1 Å². The average molecular weight is 176 g/mol. The summed E-state index contributed by atoms with van der Waals surface area (Å²) < 4.78 is 5.37. The normalized spacial score (nSPS) is 21.8. The number of nitrogens with zero attached hydrogens (tertiary/aromatic N) is 1. The Morgan fingerprint density at radius 3 is 2.62 bits per heavy atom. The third kappa shape index (κ3) is 1.49. The van der Waals surface area contributed by atoms with Crippen LogP contribution in [0.4, 0.5) is 0 Å². The molecule has 1 N–H and O–H groups in total. The minimum atomic E-state index is 0.0266. The summed E-state index contributed by atoms with van der Waals surface area (Å²) in [5.41, 5.74) is 1.14. The van der Waals surface area contributed by atoms with E-state index in [9.17, 15) is 0 Å². The predicted octanol–water partition coefficient (Wildman–Crippen LogP) is 1.62. The minimum absolute atomic E-state index is 0.0266. The standard InChI is InChI=1S/C10H12N2O/c1-12-7-9(13-10(12)11)8-5-3-2-4-6-8/h2-6,9,11H,7H2,1H3. The van der Waals surface area contributed by atoms with Crippen LogP contribution in [0.15, 0.2) is 30.3 Å². The Bertz CT molecular complexity index is 310. The van der Waals surface area contributed by atoms with Gasteiger partial charge in [-0.15, -0.1) is 0 Å². The van der Waals surface area contributed by atoms with Gasteiger partial charge in [-0.3, -0.25) is 5.41 Å². The van der Waals surface area contributed by atoms with Crippen molar-refractivity contribution in [2.75, 3.05) is 13.6 Å². The Balaban J connectivity index is 2.17. The molecule has 3 heteroatoms. The molecule has 1 aliphatic rings. The van der Waals surface area contributed by atoms with Gasteiger partial charge >= 0.3 is 0 Å². The van der Waals surface area contributed by atoms with E-state index in [0.29, 0.717) is 0 Å². The molecule has 68 valence electrons. The van der Waals surface area contributed by atoms with Crippen molar-refractivity contribution in [3.05, 3.63) is 35.9 Å². The van der Waals surface area contributed by atoms with E-state index in [-0.39, 0.29) is 12.1 Å². The first-order valence-corrected chi connectivity index (χ1v) is 4.28. The average Bonchev–Trinajstić information content (AvgIpc) is 2.49. The third-order valence-electron chi connectivity index (χ3n) is 2.21. The molecule has 1 fully saturated rings. The number of amidine groups is 1. The van der Waals surface area contributed by atoms with Crippen molar-refractivity contribution >= 4 is 6.02 Å². The van der Waals surface area contributed by atoms with Gasteiger partial charge in [0.2, 0.25) is 0 Å². The lowest BCUT2D eigenvalue weighted by molar-refractivity contribution is 0.233. The highest BCUT2D eigenvalue weighted by Crippen LogP contribution is 2.23. The summed E-state index contributed by atoms with van der Waals surface area (Å²) in [6, 6.07) is 10.3. The SMILES string of the molecule is CN1CC(c2ccccc2)OC1=N. The molecule has 1 heterocycles. The summed E-state index contributed by atoms with van der Waals surface area (Å²) in [5, 5.41) is 7.44. The maximum Gasteiger partial charge on any atom is 0.284 e. The summed E-state index contributed by atoms with van der Waals surface area (Å²) in [4.78, 5) is 1.80. The van der Waals surface area contributed by atoms with E-state index in [1.807, 2.05) is 37.4 Å². The van der Waals surface area contributed by atoms with Crippen LogP contribution in [0.5, 0.6) is 0 Å². The van der Waals surface area contributed by atoms with Crippen LogP contribution in [0.25, 0.3) is 0 Å². The van der Waals surface area contributed by atoms with Crippen molar-refractivity contribution in [2.24, 2.45) is 0 Å². The fraction of sp³-hybridized carbons (Fsp3) is 0.300. The Morgan fingerprint density at radius 1 is 1.38 bits per heavy atom. The zero-order valence-corrected chi connectivity index (χ0v) is 7.53. The molecule has 1 aromatic rings. The summed E-state index contributed by atoms with van der Waals surface area (Å²) in [6.07, 6.45) is 0.0266. The van der Waals surface area contributed by atoms with Crippen LogP contribution in [-0.4, -0.2) is 24.5 Å². The van der Waals surface area contributed by atoms with Gasteiger partial charge in [0, 0.05) is 7.05 Å². The van der Waals surface area contributed by atoms with E-state index in [1.165, 1.54) is 0 Å². The Kier molecular flexibility index (Phi) is 1.93. The number of hydrogen-bond acceptors (Lipinski definition) is 2. The van der Waals surface area contributed by atoms with E-state index in [1.54, 1.807) is 4.90 Å². The molecule has 1 unspecified atom stereocenters. The van der Waals surface area contributed by atoms with Gasteiger partial charge in [0.15, 0.2) is 0 Å². The monoisotopic (exact) mass is 176 g/mol. The molecule has 0 bridgehead atoms. The Hall–Kier alpha value is -1.51. The highest BCUT2D eigenvalue weighted by molar-refractivity contribution is 5.72. The van der Waals surface area contributed by atoms with Crippen LogP contribution in [0.3, 0.4) is 0 Å². The molecule has 1 saturated heterocycles. The number of likely N-dealkylation sites (N-methyl/N-ethyl adjacent to an activating group) is 1. The third-order valence-corrected chi connectivity index (χ3v) is 2.21. The van der Waals surface area contributed by atoms with Gasteiger partial charge in [-0.1, -0.05) is 30.3 Å². The van der Waals surface area contributed by atoms with Crippen LogP contribution in [-0.2, 0) is 4.74 Å². The quantitative estimate of drug-likeness (QED) is 0.706. The van der Waals surface area contributed by atoms with Crippen molar-refractivity contribution < 1.29 is 4.74 Å². The van der Waals surface area contributed by atoms with Gasteiger partial charge in [0.25, 0.3) is 6.02 Å². The van der Waals surface area contributed by atoms with Crippen LogP contribution in [0.2, 0.25) is 0 Å². The molecule has 0 amide bonds. The second kappa shape index (κ2) is 3.09. The van der Waals surface area contributed by atoms with Crippen molar-refractivity contribution in [3.63, 3.8) is 0 Å². The van der Waals surface area contributed by atoms with Crippen molar-refractivity contribution in [1.29, 1.82) is 5.41 Å². The summed E-state index contributed by atoms with van der Waals surface area (Å²) in [6.45, 7) is 0.767. The van der Waals surface area contributed by atoms with Gasteiger partial charge in [0.1, 0.15) is 6.10 Å². The first kappa shape index (κ1) is 8.10. The molecule has 0 saturated carbocycles. The molecule has 13 heavy (non-hydrogen) atoms. The van der Waals surface area contributed by atoms with Gasteiger partial charge in [-0.05, 0) is 5.56 Å². The highest BCUT2D eigenvalue weighted by atomic mass is 16.5. The van der Waals surface area contributed by atoms with Crippen LogP contribution >= 0.6 is 0 Å². The number of nitrogens with one attached hydrogen (secondary N) is 1. The number of hydrogen-bond donors (Lipinski definition) is 1. The van der Waals surface area contributed by atoms with Crippen LogP contribution < -0.4 is 0 Å². The molecule has 0 radical (unpaired) electrons. The largest absolute Gasteiger partial charge is 0.455 e. The molecule has 1 aromatic carbocycles. The fourth-order valence-electron chi connectivity index (χ4n) is 1.43. The van der Waals surface area contributed by atoms with E-state index in [0.717, 1.165) is 12.1 Å². The zero-order valence-electron chi connectivity index (χ0n) is 7.53. The summed E-state index contributed by atoms with van der Waals surface area (Å²) >= 11 is 0. The van der Waals surface area contributed by atoms with Gasteiger partial charge in [0.05, 0.1) is 6.54 Å². The first-order chi connectivity index (χ1) is 6.27. The maximum atomic E-state index is 7.44. The highest BCUT2D eigenvalue weighted by Gasteiger charge is 2.26. The molecule has 0 spiro atoms. The molecule has 1 aliphatic heterocycles. The van der Waals surface area contributed by atoms with E-state index in [2.05, 4.69) is 0 Å². The number of ether oxygens (including phenoxy) is 1. The number of benzene rings is 1.